The number of piperidine rings is 1. The maximum atomic E-state index is 14.0. The van der Waals surface area contributed by atoms with Gasteiger partial charge in [-0.05, 0) is 48.6 Å². The van der Waals surface area contributed by atoms with Crippen LogP contribution in [0.4, 0.5) is 8.78 Å². The van der Waals surface area contributed by atoms with Crippen molar-refractivity contribution in [2.75, 3.05) is 20.1 Å². The highest BCUT2D eigenvalue weighted by atomic mass is 127. The van der Waals surface area contributed by atoms with Crippen molar-refractivity contribution in [2.45, 2.75) is 43.8 Å². The van der Waals surface area contributed by atoms with Gasteiger partial charge in [0.1, 0.15) is 11.6 Å². The second-order valence-electron chi connectivity index (χ2n) is 8.01. The second-order valence-corrected chi connectivity index (χ2v) is 8.01. The molecule has 1 saturated carbocycles. The molecule has 2 fully saturated rings. The molecule has 0 amide bonds. The molecule has 2 atom stereocenters. The van der Waals surface area contributed by atoms with E-state index in [1.807, 2.05) is 24.3 Å². The van der Waals surface area contributed by atoms with Crippen molar-refractivity contribution >= 4 is 29.9 Å². The van der Waals surface area contributed by atoms with E-state index >= 15 is 0 Å². The van der Waals surface area contributed by atoms with Gasteiger partial charge in [-0.15, -0.1) is 24.0 Å². The van der Waals surface area contributed by atoms with Crippen LogP contribution in [0.3, 0.4) is 0 Å². The van der Waals surface area contributed by atoms with Crippen molar-refractivity contribution in [1.29, 1.82) is 0 Å². The molecule has 1 aliphatic heterocycles. The van der Waals surface area contributed by atoms with Crippen LogP contribution in [0.15, 0.2) is 53.5 Å². The van der Waals surface area contributed by atoms with Crippen LogP contribution in [0, 0.1) is 11.6 Å². The van der Waals surface area contributed by atoms with Crippen molar-refractivity contribution in [3.63, 3.8) is 0 Å². The van der Waals surface area contributed by atoms with Gasteiger partial charge in [0, 0.05) is 44.7 Å². The number of hydrogen-bond donors (Lipinski definition) is 2. The summed E-state index contributed by atoms with van der Waals surface area (Å²) in [5.41, 5.74) is 1.93. The Balaban J connectivity index is 0.00000256. The lowest BCUT2D eigenvalue weighted by atomic mass is 10.0. The first-order valence-electron chi connectivity index (χ1n) is 10.3. The summed E-state index contributed by atoms with van der Waals surface area (Å²) in [5, 5.41) is 6.97. The van der Waals surface area contributed by atoms with Gasteiger partial charge in [-0.2, -0.15) is 0 Å². The van der Waals surface area contributed by atoms with Gasteiger partial charge in [-0.3, -0.25) is 9.89 Å². The third kappa shape index (κ3) is 5.91. The summed E-state index contributed by atoms with van der Waals surface area (Å²) in [5.74, 6) is 0.694. The number of likely N-dealkylation sites (tertiary alicyclic amines) is 1. The molecular formula is C23H29F2IN4. The quantitative estimate of drug-likeness (QED) is 0.348. The molecule has 4 nitrogen and oxygen atoms in total. The van der Waals surface area contributed by atoms with Crippen molar-refractivity contribution < 1.29 is 8.78 Å². The monoisotopic (exact) mass is 526 g/mol. The molecule has 1 heterocycles. The van der Waals surface area contributed by atoms with E-state index in [1.165, 1.54) is 18.2 Å². The van der Waals surface area contributed by atoms with Crippen LogP contribution in [-0.2, 0) is 6.54 Å². The van der Waals surface area contributed by atoms with Crippen molar-refractivity contribution in [1.82, 2.24) is 15.5 Å². The Hall–Kier alpha value is -1.74. The third-order valence-corrected chi connectivity index (χ3v) is 5.89. The number of benzene rings is 2. The van der Waals surface area contributed by atoms with Gasteiger partial charge in [-0.25, -0.2) is 8.78 Å². The largest absolute Gasteiger partial charge is 0.354 e. The lowest BCUT2D eigenvalue weighted by molar-refractivity contribution is 0.198. The fourth-order valence-electron chi connectivity index (χ4n) is 4.10. The number of aliphatic imine (C=N–C) groups is 1. The minimum Gasteiger partial charge on any atom is -0.354 e. The van der Waals surface area contributed by atoms with Crippen molar-refractivity contribution in [3.8, 4) is 0 Å². The van der Waals surface area contributed by atoms with Gasteiger partial charge in [-0.1, -0.05) is 30.3 Å². The minimum absolute atomic E-state index is 0. The number of guanidine groups is 1. The van der Waals surface area contributed by atoms with Gasteiger partial charge in [0.15, 0.2) is 5.96 Å². The maximum absolute atomic E-state index is 14.0. The van der Waals surface area contributed by atoms with Crippen molar-refractivity contribution in [3.05, 3.63) is 71.3 Å². The van der Waals surface area contributed by atoms with E-state index in [0.717, 1.165) is 56.0 Å². The molecule has 7 heteroatoms. The van der Waals surface area contributed by atoms with Crippen LogP contribution < -0.4 is 10.6 Å². The van der Waals surface area contributed by atoms with Gasteiger partial charge < -0.3 is 10.6 Å². The molecule has 1 aliphatic carbocycles. The summed E-state index contributed by atoms with van der Waals surface area (Å²) in [6.07, 6.45) is 2.99. The Kier molecular flexibility index (Phi) is 8.05. The zero-order valence-electron chi connectivity index (χ0n) is 17.2. The summed E-state index contributed by atoms with van der Waals surface area (Å²) >= 11 is 0. The highest BCUT2D eigenvalue weighted by molar-refractivity contribution is 14.0. The fraction of sp³-hybridized carbons (Fsp3) is 0.435. The smallest absolute Gasteiger partial charge is 0.191 e. The highest BCUT2D eigenvalue weighted by Crippen LogP contribution is 2.41. The van der Waals surface area contributed by atoms with Crippen LogP contribution in [0.25, 0.3) is 0 Å². The molecule has 2 unspecified atom stereocenters. The van der Waals surface area contributed by atoms with Gasteiger partial charge in [0.05, 0.1) is 0 Å². The number of hydrogen-bond acceptors (Lipinski definition) is 2. The van der Waals surface area contributed by atoms with E-state index in [2.05, 4.69) is 20.5 Å². The average molecular weight is 526 g/mol. The van der Waals surface area contributed by atoms with E-state index in [0.29, 0.717) is 6.04 Å². The van der Waals surface area contributed by atoms with E-state index in [4.69, 9.17) is 0 Å². The molecule has 0 radical (unpaired) electrons. The van der Waals surface area contributed by atoms with Crippen LogP contribution in [0.5, 0.6) is 0 Å². The van der Waals surface area contributed by atoms with Gasteiger partial charge in [0.25, 0.3) is 0 Å². The topological polar surface area (TPSA) is 39.7 Å². The Morgan fingerprint density at radius 2 is 1.73 bits per heavy atom. The fourth-order valence-corrected chi connectivity index (χ4v) is 4.10. The van der Waals surface area contributed by atoms with Gasteiger partial charge >= 0.3 is 0 Å². The Morgan fingerprint density at radius 1 is 1.03 bits per heavy atom. The predicted octanol–water partition coefficient (Wildman–Crippen LogP) is 4.27. The molecule has 2 aliphatic rings. The summed E-state index contributed by atoms with van der Waals surface area (Å²) in [6, 6.07) is 14.4. The molecule has 0 bridgehead atoms. The van der Waals surface area contributed by atoms with Crippen LogP contribution in [0.2, 0.25) is 0 Å². The lowest BCUT2D eigenvalue weighted by Gasteiger charge is -2.33. The molecule has 1 saturated heterocycles. The Bertz CT molecular complexity index is 851. The molecule has 2 N–H and O–H groups in total. The molecule has 0 spiro atoms. The number of rotatable bonds is 5. The lowest BCUT2D eigenvalue weighted by Crippen LogP contribution is -2.49. The summed E-state index contributed by atoms with van der Waals surface area (Å²) in [4.78, 5) is 6.76. The van der Waals surface area contributed by atoms with E-state index < -0.39 is 0 Å². The molecule has 30 heavy (non-hydrogen) atoms. The highest BCUT2D eigenvalue weighted by Gasteiger charge is 2.40. The summed E-state index contributed by atoms with van der Waals surface area (Å²) in [6.45, 7) is 2.84. The molecular weight excluding hydrogens is 497 g/mol. The normalized spacial score (nSPS) is 22.3. The molecule has 2 aromatic carbocycles. The average Bonchev–Trinajstić information content (AvgIpc) is 3.50. The first-order valence-corrected chi connectivity index (χ1v) is 10.3. The standard InChI is InChI=1S/C23H28F2N4.HI/c1-26-23(28-22-14-20(22)19-4-2-3-5-21(19)25)27-18-10-12-29(13-11-18)15-16-6-8-17(24)9-7-16;/h2-9,18,20,22H,10-15H2,1H3,(H2,26,27,28);1H. The van der Waals surface area contributed by atoms with Crippen LogP contribution in [0.1, 0.15) is 36.3 Å². The minimum atomic E-state index is -0.191. The number of nitrogens with zero attached hydrogens (tertiary/aromatic N) is 2. The van der Waals surface area contributed by atoms with E-state index in [1.54, 1.807) is 13.1 Å². The second kappa shape index (κ2) is 10.5. The zero-order chi connectivity index (χ0) is 20.2. The molecule has 162 valence electrons. The maximum Gasteiger partial charge on any atom is 0.191 e. The summed E-state index contributed by atoms with van der Waals surface area (Å²) in [7, 11) is 1.78. The van der Waals surface area contributed by atoms with Crippen LogP contribution in [-0.4, -0.2) is 43.1 Å². The van der Waals surface area contributed by atoms with E-state index in [-0.39, 0.29) is 47.6 Å². The first kappa shape index (κ1) is 22.9. The summed E-state index contributed by atoms with van der Waals surface area (Å²) < 4.78 is 27.0. The van der Waals surface area contributed by atoms with Crippen molar-refractivity contribution in [2.24, 2.45) is 4.99 Å². The molecule has 2 aromatic rings. The van der Waals surface area contributed by atoms with E-state index in [9.17, 15) is 8.78 Å². The Morgan fingerprint density at radius 3 is 2.40 bits per heavy atom. The van der Waals surface area contributed by atoms with Crippen LogP contribution >= 0.6 is 24.0 Å². The number of halogens is 3. The first-order chi connectivity index (χ1) is 14.1. The molecule has 4 rings (SSSR count). The predicted molar refractivity (Wildman–Crippen MR) is 127 cm³/mol. The van der Waals surface area contributed by atoms with Gasteiger partial charge in [0.2, 0.25) is 0 Å². The Labute approximate surface area is 194 Å². The number of nitrogens with one attached hydrogen (secondary N) is 2. The zero-order valence-corrected chi connectivity index (χ0v) is 19.5. The SMILES string of the molecule is CN=C(NC1CCN(Cc2ccc(F)cc2)CC1)NC1CC1c1ccccc1F.I. The molecule has 0 aromatic heterocycles. The third-order valence-electron chi connectivity index (χ3n) is 5.89.